The first-order valence-corrected chi connectivity index (χ1v) is 7.15. The molecule has 1 aliphatic carbocycles. The zero-order chi connectivity index (χ0) is 10.4. The zero-order valence-corrected chi connectivity index (χ0v) is 10.4. The average Bonchev–Trinajstić information content (AvgIpc) is 2.28. The maximum atomic E-state index is 5.43. The molecule has 1 saturated carbocycles. The van der Waals surface area contributed by atoms with E-state index >= 15 is 0 Å². The Hall–Kier alpha value is 0.0569. The first kappa shape index (κ1) is 12.1. The van der Waals surface area contributed by atoms with Crippen LogP contribution in [0.5, 0.6) is 0 Å². The minimum atomic E-state index is -2.30. The standard InChI is InChI=1S/C9H22N2O2Si/c1-10-14(12-2,13-3)11-9-7-5-4-6-8-9/h9-11H,4-8H2,1-3H3. The third kappa shape index (κ3) is 3.03. The van der Waals surface area contributed by atoms with Gasteiger partial charge in [0, 0.05) is 20.3 Å². The summed E-state index contributed by atoms with van der Waals surface area (Å²) in [6.45, 7) is 0. The van der Waals surface area contributed by atoms with Crippen molar-refractivity contribution in [2.45, 2.75) is 38.1 Å². The van der Waals surface area contributed by atoms with Crippen molar-refractivity contribution in [2.24, 2.45) is 0 Å². The molecular formula is C9H22N2O2Si. The molecule has 0 amide bonds. The molecule has 0 atom stereocenters. The second-order valence-electron chi connectivity index (χ2n) is 3.75. The summed E-state index contributed by atoms with van der Waals surface area (Å²) in [5.74, 6) is 0. The van der Waals surface area contributed by atoms with Gasteiger partial charge in [0.25, 0.3) is 0 Å². The monoisotopic (exact) mass is 218 g/mol. The SMILES string of the molecule is CN[Si](NC1CCCCC1)(OC)OC. The molecule has 1 fully saturated rings. The van der Waals surface area contributed by atoms with Gasteiger partial charge in [-0.05, 0) is 19.9 Å². The van der Waals surface area contributed by atoms with Crippen molar-refractivity contribution in [1.29, 1.82) is 0 Å². The Bertz CT molecular complexity index is 151. The van der Waals surface area contributed by atoms with Crippen molar-refractivity contribution in [3.63, 3.8) is 0 Å². The molecule has 0 bridgehead atoms. The first-order valence-electron chi connectivity index (χ1n) is 5.33. The summed E-state index contributed by atoms with van der Waals surface area (Å²) in [5, 5.41) is 0. The molecule has 5 heteroatoms. The maximum absolute atomic E-state index is 5.43. The van der Waals surface area contributed by atoms with Gasteiger partial charge in [-0.2, -0.15) is 0 Å². The van der Waals surface area contributed by atoms with Crippen LogP contribution in [0.2, 0.25) is 0 Å². The summed E-state index contributed by atoms with van der Waals surface area (Å²) >= 11 is 0. The van der Waals surface area contributed by atoms with Gasteiger partial charge in [-0.25, -0.2) is 0 Å². The van der Waals surface area contributed by atoms with Gasteiger partial charge in [0.1, 0.15) is 0 Å². The van der Waals surface area contributed by atoms with E-state index < -0.39 is 8.88 Å². The minimum absolute atomic E-state index is 0.558. The minimum Gasteiger partial charge on any atom is -0.374 e. The molecule has 14 heavy (non-hydrogen) atoms. The molecule has 0 heterocycles. The number of rotatable bonds is 5. The Labute approximate surface area is 87.8 Å². The third-order valence-electron chi connectivity index (χ3n) is 2.90. The summed E-state index contributed by atoms with van der Waals surface area (Å²) in [4.78, 5) is 6.65. The lowest BCUT2D eigenvalue weighted by molar-refractivity contribution is 0.204. The summed E-state index contributed by atoms with van der Waals surface area (Å²) in [6.07, 6.45) is 6.48. The fraction of sp³-hybridized carbons (Fsp3) is 1.00. The summed E-state index contributed by atoms with van der Waals surface area (Å²) in [5.41, 5.74) is 0. The molecule has 0 aliphatic heterocycles. The van der Waals surface area contributed by atoms with Gasteiger partial charge in [-0.3, -0.25) is 9.96 Å². The average molecular weight is 218 g/mol. The first-order chi connectivity index (χ1) is 6.76. The number of hydrogen-bond acceptors (Lipinski definition) is 4. The predicted molar refractivity (Wildman–Crippen MR) is 58.8 cm³/mol. The van der Waals surface area contributed by atoms with Gasteiger partial charge in [-0.1, -0.05) is 19.3 Å². The Morgan fingerprint density at radius 1 is 1.07 bits per heavy atom. The molecule has 84 valence electrons. The van der Waals surface area contributed by atoms with Crippen LogP contribution in [0.1, 0.15) is 32.1 Å². The Morgan fingerprint density at radius 2 is 1.64 bits per heavy atom. The van der Waals surface area contributed by atoms with E-state index in [1.54, 1.807) is 14.2 Å². The summed E-state index contributed by atoms with van der Waals surface area (Å²) in [7, 11) is 2.97. The molecule has 1 rings (SSSR count). The van der Waals surface area contributed by atoms with Crippen molar-refractivity contribution < 1.29 is 8.85 Å². The van der Waals surface area contributed by atoms with E-state index in [0.29, 0.717) is 6.04 Å². The molecule has 0 spiro atoms. The molecule has 0 radical (unpaired) electrons. The second-order valence-corrected chi connectivity index (χ2v) is 6.59. The lowest BCUT2D eigenvalue weighted by Gasteiger charge is -2.32. The Balaban J connectivity index is 2.44. The van der Waals surface area contributed by atoms with Gasteiger partial charge in [0.15, 0.2) is 0 Å². The largest absolute Gasteiger partial charge is 0.516 e. The molecular weight excluding hydrogens is 196 g/mol. The highest BCUT2D eigenvalue weighted by molar-refractivity contribution is 6.62. The van der Waals surface area contributed by atoms with Crippen LogP contribution in [-0.4, -0.2) is 36.2 Å². The normalized spacial score (nSPS) is 19.9. The summed E-state index contributed by atoms with van der Waals surface area (Å²) < 4.78 is 10.9. The molecule has 4 nitrogen and oxygen atoms in total. The van der Waals surface area contributed by atoms with Gasteiger partial charge < -0.3 is 8.85 Å². The second kappa shape index (κ2) is 5.82. The Morgan fingerprint density at radius 3 is 2.07 bits per heavy atom. The molecule has 0 aromatic carbocycles. The predicted octanol–water partition coefficient (Wildman–Crippen LogP) is 0.856. The van der Waals surface area contributed by atoms with Crippen molar-refractivity contribution in [1.82, 2.24) is 9.96 Å². The Kier molecular flexibility index (Phi) is 5.04. The van der Waals surface area contributed by atoms with E-state index in [0.717, 1.165) is 0 Å². The highest BCUT2D eigenvalue weighted by atomic mass is 28.4. The van der Waals surface area contributed by atoms with Crippen molar-refractivity contribution >= 4 is 8.88 Å². The van der Waals surface area contributed by atoms with Crippen LogP contribution in [0.3, 0.4) is 0 Å². The van der Waals surface area contributed by atoms with Crippen molar-refractivity contribution in [3.05, 3.63) is 0 Å². The van der Waals surface area contributed by atoms with Gasteiger partial charge in [0.2, 0.25) is 0 Å². The number of nitrogens with one attached hydrogen (secondary N) is 2. The fourth-order valence-electron chi connectivity index (χ4n) is 1.99. The molecule has 0 aromatic rings. The van der Waals surface area contributed by atoms with E-state index in [-0.39, 0.29) is 0 Å². The van der Waals surface area contributed by atoms with Crippen LogP contribution < -0.4 is 9.96 Å². The fourth-order valence-corrected chi connectivity index (χ4v) is 3.77. The lowest BCUT2D eigenvalue weighted by Crippen LogP contribution is -2.67. The van der Waals surface area contributed by atoms with Crippen LogP contribution >= 0.6 is 0 Å². The van der Waals surface area contributed by atoms with E-state index in [1.165, 1.54) is 32.1 Å². The van der Waals surface area contributed by atoms with E-state index in [1.807, 2.05) is 7.05 Å². The van der Waals surface area contributed by atoms with Crippen LogP contribution in [0.25, 0.3) is 0 Å². The molecule has 1 aliphatic rings. The van der Waals surface area contributed by atoms with Gasteiger partial charge >= 0.3 is 8.88 Å². The van der Waals surface area contributed by atoms with Gasteiger partial charge in [-0.15, -0.1) is 0 Å². The molecule has 0 aromatic heterocycles. The third-order valence-corrected chi connectivity index (χ3v) is 5.50. The van der Waals surface area contributed by atoms with Crippen LogP contribution in [0, 0.1) is 0 Å². The topological polar surface area (TPSA) is 42.5 Å². The van der Waals surface area contributed by atoms with E-state index in [4.69, 9.17) is 8.85 Å². The highest BCUT2D eigenvalue weighted by Crippen LogP contribution is 2.18. The van der Waals surface area contributed by atoms with Gasteiger partial charge in [0.05, 0.1) is 0 Å². The quantitative estimate of drug-likeness (QED) is 0.672. The van der Waals surface area contributed by atoms with E-state index in [2.05, 4.69) is 9.96 Å². The van der Waals surface area contributed by atoms with E-state index in [9.17, 15) is 0 Å². The van der Waals surface area contributed by atoms with Crippen LogP contribution in [0.4, 0.5) is 0 Å². The van der Waals surface area contributed by atoms with Crippen molar-refractivity contribution in [2.75, 3.05) is 21.3 Å². The summed E-state index contributed by atoms with van der Waals surface area (Å²) in [6, 6.07) is 0.558. The van der Waals surface area contributed by atoms with Crippen LogP contribution in [0.15, 0.2) is 0 Å². The maximum Gasteiger partial charge on any atom is 0.516 e. The lowest BCUT2D eigenvalue weighted by atomic mass is 9.96. The molecule has 0 unspecified atom stereocenters. The van der Waals surface area contributed by atoms with Crippen molar-refractivity contribution in [3.8, 4) is 0 Å². The smallest absolute Gasteiger partial charge is 0.374 e. The highest BCUT2D eigenvalue weighted by Gasteiger charge is 2.38. The molecule has 0 saturated heterocycles. The number of hydrogen-bond donors (Lipinski definition) is 2. The molecule has 2 N–H and O–H groups in total. The van der Waals surface area contributed by atoms with Crippen LogP contribution in [-0.2, 0) is 8.85 Å². The zero-order valence-electron chi connectivity index (χ0n) is 9.43.